The second-order valence-corrected chi connectivity index (χ2v) is 3.35. The molecule has 0 aliphatic rings. The molecule has 0 fully saturated rings. The number of amides is 1. The first kappa shape index (κ1) is 10.5. The van der Waals surface area contributed by atoms with Gasteiger partial charge in [-0.3, -0.25) is 4.79 Å². The van der Waals surface area contributed by atoms with E-state index in [0.29, 0.717) is 5.95 Å². The number of hydrogen-bond donors (Lipinski definition) is 2. The zero-order valence-corrected chi connectivity index (χ0v) is 8.07. The minimum atomic E-state index is -0.489. The van der Waals surface area contributed by atoms with Gasteiger partial charge >= 0.3 is 0 Å². The van der Waals surface area contributed by atoms with Crippen LogP contribution in [0.2, 0.25) is 0 Å². The molecule has 0 saturated carbocycles. The Kier molecular flexibility index (Phi) is 3.86. The summed E-state index contributed by atoms with van der Waals surface area (Å²) in [5.74, 6) is 0.374. The lowest BCUT2D eigenvalue weighted by molar-refractivity contribution is 0.267. The number of primary amides is 1. The van der Waals surface area contributed by atoms with E-state index in [9.17, 15) is 4.79 Å². The second kappa shape index (κ2) is 5.18. The molecule has 1 heterocycles. The van der Waals surface area contributed by atoms with Gasteiger partial charge in [-0.25, -0.2) is 15.0 Å². The number of carbonyl (C=O) groups excluding carboxylic acids is 1. The lowest BCUT2D eigenvalue weighted by Crippen LogP contribution is -2.19. The van der Waals surface area contributed by atoms with Crippen molar-refractivity contribution in [1.29, 1.82) is 0 Å². The largest absolute Gasteiger partial charge is 0.360 e. The summed E-state index contributed by atoms with van der Waals surface area (Å²) in [5.41, 5.74) is 5.01. The van der Waals surface area contributed by atoms with Gasteiger partial charge in [0.2, 0.25) is 5.95 Å². The number of nitrogens with zero attached hydrogens (tertiary/aromatic N) is 3. The van der Waals surface area contributed by atoms with Crippen LogP contribution in [0, 0.1) is 0 Å². The highest BCUT2D eigenvalue weighted by atomic mass is 32.2. The van der Waals surface area contributed by atoms with Gasteiger partial charge in [0.05, 0.1) is 0 Å². The molecule has 1 unspecified atom stereocenters. The first-order chi connectivity index (χ1) is 6.72. The highest BCUT2D eigenvalue weighted by molar-refractivity contribution is 8.14. The summed E-state index contributed by atoms with van der Waals surface area (Å²) in [7, 11) is 0. The molecular formula is C7H9N5OS. The van der Waals surface area contributed by atoms with Crippen molar-refractivity contribution in [3.63, 3.8) is 0 Å². The van der Waals surface area contributed by atoms with Crippen LogP contribution in [0.3, 0.4) is 0 Å². The molecule has 1 amide bonds. The summed E-state index contributed by atoms with van der Waals surface area (Å²) in [6.07, 6.45) is 4.24. The van der Waals surface area contributed by atoms with Gasteiger partial charge in [-0.2, -0.15) is 0 Å². The van der Waals surface area contributed by atoms with E-state index in [1.807, 2.05) is 0 Å². The monoisotopic (exact) mass is 211 g/mol. The summed E-state index contributed by atoms with van der Waals surface area (Å²) >= 11 is 0.904. The third kappa shape index (κ3) is 3.40. The number of hydrogen-bond acceptors (Lipinski definition) is 6. The fourth-order valence-electron chi connectivity index (χ4n) is 0.703. The van der Waals surface area contributed by atoms with Crippen molar-refractivity contribution in [2.75, 3.05) is 5.32 Å². The standard InChI is InChI=1S/C7H9N5OS/c1-2-5(14-6(8)13)12-7-10-3-9-4-11-7/h2-5H,1H2,(H2,8,13)(H,9,10,11,12). The molecule has 0 aliphatic carbocycles. The van der Waals surface area contributed by atoms with Crippen molar-refractivity contribution in [1.82, 2.24) is 15.0 Å². The normalized spacial score (nSPS) is 11.7. The third-order valence-electron chi connectivity index (χ3n) is 1.22. The summed E-state index contributed by atoms with van der Waals surface area (Å²) in [5, 5.41) is 2.01. The summed E-state index contributed by atoms with van der Waals surface area (Å²) in [6, 6.07) is 0. The molecule has 7 heteroatoms. The van der Waals surface area contributed by atoms with Gasteiger partial charge in [0.1, 0.15) is 18.0 Å². The number of carbonyl (C=O) groups is 1. The van der Waals surface area contributed by atoms with Gasteiger partial charge in [-0.1, -0.05) is 6.08 Å². The smallest absolute Gasteiger partial charge is 0.278 e. The maximum atomic E-state index is 10.6. The van der Waals surface area contributed by atoms with Crippen LogP contribution in [0.15, 0.2) is 25.3 Å². The summed E-state index contributed by atoms with van der Waals surface area (Å²) in [6.45, 7) is 3.55. The fourth-order valence-corrected chi connectivity index (χ4v) is 1.21. The van der Waals surface area contributed by atoms with E-state index in [2.05, 4.69) is 26.8 Å². The molecule has 0 bridgehead atoms. The zero-order valence-electron chi connectivity index (χ0n) is 7.25. The lowest BCUT2D eigenvalue weighted by atomic mass is 10.6. The molecule has 3 N–H and O–H groups in total. The van der Waals surface area contributed by atoms with Crippen LogP contribution < -0.4 is 11.1 Å². The SMILES string of the molecule is C=CC(Nc1ncncn1)SC(N)=O. The van der Waals surface area contributed by atoms with Gasteiger partial charge in [0.25, 0.3) is 5.24 Å². The Morgan fingerprint density at radius 3 is 2.79 bits per heavy atom. The molecule has 0 aromatic carbocycles. The number of rotatable bonds is 4. The average molecular weight is 211 g/mol. The van der Waals surface area contributed by atoms with Gasteiger partial charge in [-0.15, -0.1) is 6.58 Å². The Bertz CT molecular complexity index is 317. The minimum absolute atomic E-state index is 0.338. The molecule has 0 spiro atoms. The molecule has 6 nitrogen and oxygen atoms in total. The summed E-state index contributed by atoms with van der Waals surface area (Å²) < 4.78 is 0. The molecular weight excluding hydrogens is 202 g/mol. The van der Waals surface area contributed by atoms with E-state index >= 15 is 0 Å². The number of aromatic nitrogens is 3. The van der Waals surface area contributed by atoms with E-state index < -0.39 is 5.24 Å². The van der Waals surface area contributed by atoms with E-state index in [1.165, 1.54) is 12.7 Å². The Morgan fingerprint density at radius 1 is 1.64 bits per heavy atom. The summed E-state index contributed by atoms with van der Waals surface area (Å²) in [4.78, 5) is 21.9. The molecule has 1 aromatic rings. The van der Waals surface area contributed by atoms with Crippen molar-refractivity contribution in [3.05, 3.63) is 25.3 Å². The molecule has 0 saturated heterocycles. The molecule has 74 valence electrons. The van der Waals surface area contributed by atoms with Crippen LogP contribution in [-0.4, -0.2) is 25.6 Å². The van der Waals surface area contributed by atoms with E-state index in [-0.39, 0.29) is 5.37 Å². The van der Waals surface area contributed by atoms with Crippen LogP contribution in [-0.2, 0) is 0 Å². The maximum Gasteiger partial charge on any atom is 0.278 e. The third-order valence-corrected chi connectivity index (χ3v) is 2.02. The molecule has 0 radical (unpaired) electrons. The molecule has 0 aliphatic heterocycles. The van der Waals surface area contributed by atoms with Gasteiger partial charge in [0, 0.05) is 0 Å². The van der Waals surface area contributed by atoms with Gasteiger partial charge in [-0.05, 0) is 11.8 Å². The molecule has 1 atom stereocenters. The van der Waals surface area contributed by atoms with Crippen molar-refractivity contribution in [2.24, 2.45) is 5.73 Å². The number of thioether (sulfide) groups is 1. The Labute approximate surface area is 85.0 Å². The minimum Gasteiger partial charge on any atom is -0.360 e. The van der Waals surface area contributed by atoms with Crippen LogP contribution >= 0.6 is 11.8 Å². The van der Waals surface area contributed by atoms with Crippen molar-refractivity contribution >= 4 is 22.9 Å². The number of nitrogens with one attached hydrogen (secondary N) is 1. The Balaban J connectivity index is 2.57. The van der Waals surface area contributed by atoms with Crippen LogP contribution in [0.5, 0.6) is 0 Å². The highest BCUT2D eigenvalue weighted by Gasteiger charge is 2.08. The number of anilines is 1. The Morgan fingerprint density at radius 2 is 2.29 bits per heavy atom. The van der Waals surface area contributed by atoms with Crippen LogP contribution in [0.1, 0.15) is 0 Å². The van der Waals surface area contributed by atoms with Gasteiger partial charge < -0.3 is 11.1 Å². The number of nitrogens with two attached hydrogens (primary N) is 1. The first-order valence-electron chi connectivity index (χ1n) is 3.69. The Hall–Kier alpha value is -1.63. The quantitative estimate of drug-likeness (QED) is 0.559. The predicted molar refractivity (Wildman–Crippen MR) is 54.6 cm³/mol. The molecule has 1 aromatic heterocycles. The lowest BCUT2D eigenvalue weighted by Gasteiger charge is -2.10. The highest BCUT2D eigenvalue weighted by Crippen LogP contribution is 2.12. The van der Waals surface area contributed by atoms with E-state index in [4.69, 9.17) is 5.73 Å². The van der Waals surface area contributed by atoms with Crippen LogP contribution in [0.25, 0.3) is 0 Å². The van der Waals surface area contributed by atoms with E-state index in [0.717, 1.165) is 11.8 Å². The van der Waals surface area contributed by atoms with Crippen molar-refractivity contribution < 1.29 is 4.79 Å². The van der Waals surface area contributed by atoms with Crippen molar-refractivity contribution in [3.8, 4) is 0 Å². The topological polar surface area (TPSA) is 93.8 Å². The average Bonchev–Trinajstić information content (AvgIpc) is 2.17. The van der Waals surface area contributed by atoms with E-state index in [1.54, 1.807) is 6.08 Å². The molecule has 1 rings (SSSR count). The van der Waals surface area contributed by atoms with Gasteiger partial charge in [0.15, 0.2) is 0 Å². The molecule has 14 heavy (non-hydrogen) atoms. The zero-order chi connectivity index (χ0) is 10.4. The predicted octanol–water partition coefficient (Wildman–Crippen LogP) is 0.607. The maximum absolute atomic E-state index is 10.6. The second-order valence-electron chi connectivity index (χ2n) is 2.20. The van der Waals surface area contributed by atoms with Crippen LogP contribution in [0.4, 0.5) is 10.7 Å². The fraction of sp³-hybridized carbons (Fsp3) is 0.143. The van der Waals surface area contributed by atoms with Crippen molar-refractivity contribution in [2.45, 2.75) is 5.37 Å². The first-order valence-corrected chi connectivity index (χ1v) is 4.57.